The molecule has 1 heterocycles. The van der Waals surface area contributed by atoms with Gasteiger partial charge in [0, 0.05) is 54.3 Å². The van der Waals surface area contributed by atoms with E-state index in [0.29, 0.717) is 0 Å². The van der Waals surface area contributed by atoms with Crippen LogP contribution < -0.4 is 9.80 Å². The standard InChI is InChI=1S/C65H44N2S/c1-5-18-45(19-6-1)47-33-36-53(37-34-47)67(52-26-11-4-12-27-52)55-39-41-61-59(44-55)58-43-54(66(50-22-7-2-8-23-50)51-24-9-3-10-25-51)38-40-60(58)65(61,49-35-32-46-20-13-14-21-48(46)42-49)62-30-17-29-57-56-28-15-16-31-63(56)68-64(57)62/h1-44H/i13D,14D,20D,21D,32D,35D,42D. The van der Waals surface area contributed by atoms with Crippen molar-refractivity contribution in [2.24, 2.45) is 0 Å². The van der Waals surface area contributed by atoms with E-state index in [1.54, 1.807) is 11.3 Å². The van der Waals surface area contributed by atoms with Gasteiger partial charge >= 0.3 is 0 Å². The monoisotopic (exact) mass is 891 g/mol. The van der Waals surface area contributed by atoms with Crippen molar-refractivity contribution in [2.45, 2.75) is 5.41 Å². The third-order valence-corrected chi connectivity index (χ3v) is 14.5. The van der Waals surface area contributed by atoms with E-state index >= 15 is 0 Å². The Morgan fingerprint density at radius 3 is 1.46 bits per heavy atom. The molecule has 0 spiro atoms. The summed E-state index contributed by atoms with van der Waals surface area (Å²) in [5, 5.41) is 1.85. The van der Waals surface area contributed by atoms with Crippen molar-refractivity contribution in [3.05, 3.63) is 289 Å². The first-order valence-corrected chi connectivity index (χ1v) is 23.6. The topological polar surface area (TPSA) is 6.48 Å². The molecule has 2 nitrogen and oxygen atoms in total. The highest BCUT2D eigenvalue weighted by molar-refractivity contribution is 7.26. The zero-order chi connectivity index (χ0) is 51.1. The van der Waals surface area contributed by atoms with E-state index in [2.05, 4.69) is 143 Å². The fourth-order valence-electron chi connectivity index (χ4n) is 10.4. The van der Waals surface area contributed by atoms with E-state index in [1.165, 1.54) is 0 Å². The molecule has 13 rings (SSSR count). The summed E-state index contributed by atoms with van der Waals surface area (Å²) in [6.07, 6.45) is 0. The molecule has 3 heteroatoms. The van der Waals surface area contributed by atoms with E-state index in [4.69, 9.17) is 4.11 Å². The average Bonchev–Trinajstić information content (AvgIpc) is 4.23. The first-order chi connectivity index (χ1) is 36.6. The maximum Gasteiger partial charge on any atom is 0.0727 e. The highest BCUT2D eigenvalue weighted by atomic mass is 32.1. The number of anilines is 6. The van der Waals surface area contributed by atoms with Crippen LogP contribution in [0.15, 0.2) is 267 Å². The summed E-state index contributed by atoms with van der Waals surface area (Å²) in [6, 6.07) is 74.3. The van der Waals surface area contributed by atoms with Gasteiger partial charge in [0.25, 0.3) is 0 Å². The molecular weight excluding hydrogens is 841 g/mol. The number of hydrogen-bond donors (Lipinski definition) is 0. The highest BCUT2D eigenvalue weighted by Gasteiger charge is 2.48. The van der Waals surface area contributed by atoms with Gasteiger partial charge in [0.05, 0.1) is 15.0 Å². The quantitative estimate of drug-likeness (QED) is 0.142. The molecule has 11 aromatic carbocycles. The second kappa shape index (κ2) is 16.4. The van der Waals surface area contributed by atoms with E-state index in [0.717, 1.165) is 93.2 Å². The Kier molecular flexibility index (Phi) is 7.98. The summed E-state index contributed by atoms with van der Waals surface area (Å²) in [6.45, 7) is 0. The molecule has 0 saturated heterocycles. The number of hydrogen-bond acceptors (Lipinski definition) is 3. The Bertz CT molecular complexity index is 4170. The molecule has 1 atom stereocenters. The third-order valence-electron chi connectivity index (χ3n) is 13.3. The minimum absolute atomic E-state index is 0.0864. The molecule has 1 aliphatic rings. The van der Waals surface area contributed by atoms with Gasteiger partial charge in [0.1, 0.15) is 0 Å². The smallest absolute Gasteiger partial charge is 0.0727 e. The van der Waals surface area contributed by atoms with Gasteiger partial charge in [-0.2, -0.15) is 0 Å². The molecule has 68 heavy (non-hydrogen) atoms. The molecule has 0 amide bonds. The lowest BCUT2D eigenvalue weighted by Crippen LogP contribution is -2.29. The van der Waals surface area contributed by atoms with Crippen LogP contribution in [-0.2, 0) is 5.41 Å². The van der Waals surface area contributed by atoms with Crippen molar-refractivity contribution in [2.75, 3.05) is 9.80 Å². The first kappa shape index (κ1) is 33.0. The summed E-state index contributed by atoms with van der Waals surface area (Å²) in [7, 11) is 0. The Labute approximate surface area is 410 Å². The van der Waals surface area contributed by atoms with E-state index in [-0.39, 0.29) is 34.5 Å². The maximum atomic E-state index is 10.4. The fourth-order valence-corrected chi connectivity index (χ4v) is 11.6. The molecule has 1 aliphatic carbocycles. The molecule has 0 radical (unpaired) electrons. The van der Waals surface area contributed by atoms with Gasteiger partial charge in [-0.05, 0) is 140 Å². The van der Waals surface area contributed by atoms with Crippen molar-refractivity contribution >= 4 is 76.4 Å². The Balaban J connectivity index is 1.17. The summed E-state index contributed by atoms with van der Waals surface area (Å²) in [5.41, 5.74) is 10.5. The van der Waals surface area contributed by atoms with Crippen molar-refractivity contribution in [1.82, 2.24) is 0 Å². The molecule has 0 N–H and O–H groups in total. The molecule has 320 valence electrons. The Morgan fingerprint density at radius 1 is 0.368 bits per heavy atom. The second-order valence-corrected chi connectivity index (χ2v) is 18.1. The predicted molar refractivity (Wildman–Crippen MR) is 289 cm³/mol. The van der Waals surface area contributed by atoms with Crippen molar-refractivity contribution < 1.29 is 9.60 Å². The Morgan fingerprint density at radius 2 is 0.853 bits per heavy atom. The van der Waals surface area contributed by atoms with Gasteiger partial charge in [0.15, 0.2) is 0 Å². The number of benzene rings is 11. The van der Waals surface area contributed by atoms with Crippen LogP contribution in [0, 0.1) is 0 Å². The van der Waals surface area contributed by atoms with Crippen LogP contribution >= 0.6 is 11.3 Å². The normalized spacial score (nSPS) is 15.4. The van der Waals surface area contributed by atoms with Crippen LogP contribution in [0.4, 0.5) is 34.1 Å². The Hall–Kier alpha value is -8.50. The van der Waals surface area contributed by atoms with Crippen LogP contribution in [0.1, 0.15) is 31.8 Å². The molecule has 0 bridgehead atoms. The molecule has 0 fully saturated rings. The SMILES string of the molecule is [2H]c1c([2H])c([2H])c2c([2H])c(C3(c4cccc5c4sc4ccccc45)c4ccc(N(c5ccccc5)c5ccccc5)cc4-c4cc(N(c5ccccc5)c5ccc(-c6ccccc6)cc5)ccc43)c([2H])c([2H])c2c1[2H]. The van der Waals surface area contributed by atoms with E-state index in [9.17, 15) is 5.48 Å². The minimum Gasteiger partial charge on any atom is -0.310 e. The minimum atomic E-state index is -1.46. The maximum absolute atomic E-state index is 10.4. The predicted octanol–water partition coefficient (Wildman–Crippen LogP) is 18.2. The zero-order valence-electron chi connectivity index (χ0n) is 43.7. The molecular formula is C65H44N2S. The lowest BCUT2D eigenvalue weighted by Gasteiger charge is -2.35. The fraction of sp³-hybridized carbons (Fsp3) is 0.0154. The summed E-state index contributed by atoms with van der Waals surface area (Å²) >= 11 is 1.64. The number of para-hydroxylation sites is 3. The lowest BCUT2D eigenvalue weighted by molar-refractivity contribution is 0.779. The molecule has 1 unspecified atom stereocenters. The molecule has 1 aromatic heterocycles. The van der Waals surface area contributed by atoms with Crippen LogP contribution in [-0.4, -0.2) is 0 Å². The lowest BCUT2D eigenvalue weighted by atomic mass is 9.67. The van der Waals surface area contributed by atoms with Crippen molar-refractivity contribution in [1.29, 1.82) is 0 Å². The van der Waals surface area contributed by atoms with Crippen molar-refractivity contribution in [3.63, 3.8) is 0 Å². The third kappa shape index (κ3) is 6.46. The van der Waals surface area contributed by atoms with Crippen molar-refractivity contribution in [3.8, 4) is 22.3 Å². The number of rotatable bonds is 9. The molecule has 0 saturated carbocycles. The van der Waals surface area contributed by atoms with E-state index < -0.39 is 29.6 Å². The number of nitrogens with zero attached hydrogens (tertiary/aromatic N) is 2. The van der Waals surface area contributed by atoms with Gasteiger partial charge in [-0.25, -0.2) is 0 Å². The van der Waals surface area contributed by atoms with E-state index in [1.807, 2.05) is 91.0 Å². The van der Waals surface area contributed by atoms with Crippen LogP contribution in [0.2, 0.25) is 0 Å². The van der Waals surface area contributed by atoms with Gasteiger partial charge < -0.3 is 9.80 Å². The van der Waals surface area contributed by atoms with Gasteiger partial charge in [-0.1, -0.05) is 182 Å². The van der Waals surface area contributed by atoms with Crippen LogP contribution in [0.25, 0.3) is 53.2 Å². The second-order valence-electron chi connectivity index (χ2n) is 17.1. The summed E-state index contributed by atoms with van der Waals surface area (Å²) < 4.78 is 68.3. The largest absolute Gasteiger partial charge is 0.310 e. The first-order valence-electron chi connectivity index (χ1n) is 26.3. The number of fused-ring (bicyclic) bond motifs is 7. The van der Waals surface area contributed by atoms with Gasteiger partial charge in [-0.3, -0.25) is 0 Å². The molecule has 12 aromatic rings. The summed E-state index contributed by atoms with van der Waals surface area (Å²) in [5.74, 6) is 0. The van der Waals surface area contributed by atoms with Crippen LogP contribution in [0.5, 0.6) is 0 Å². The van der Waals surface area contributed by atoms with Crippen LogP contribution in [0.3, 0.4) is 0 Å². The van der Waals surface area contributed by atoms with Gasteiger partial charge in [-0.15, -0.1) is 11.3 Å². The average molecular weight is 892 g/mol. The van der Waals surface area contributed by atoms with Gasteiger partial charge in [0.2, 0.25) is 0 Å². The highest BCUT2D eigenvalue weighted by Crippen LogP contribution is 2.60. The zero-order valence-corrected chi connectivity index (χ0v) is 37.5. The summed E-state index contributed by atoms with van der Waals surface area (Å²) in [4.78, 5) is 4.47. The number of thiophene rings is 1. The molecule has 0 aliphatic heterocycles.